The van der Waals surface area contributed by atoms with Gasteiger partial charge in [0.1, 0.15) is 0 Å². The Hall–Kier alpha value is -3.85. The average Bonchev–Trinajstić information content (AvgIpc) is 3.05. The van der Waals surface area contributed by atoms with Gasteiger partial charge >= 0.3 is 6.18 Å². The molecule has 1 aliphatic rings. The van der Waals surface area contributed by atoms with Crippen LogP contribution in [0, 0.1) is 0 Å². The van der Waals surface area contributed by atoms with Gasteiger partial charge in [0.15, 0.2) is 0 Å². The van der Waals surface area contributed by atoms with Crippen molar-refractivity contribution >= 4 is 46.6 Å². The van der Waals surface area contributed by atoms with Crippen molar-refractivity contribution in [2.75, 3.05) is 25.0 Å². The van der Waals surface area contributed by atoms with E-state index in [1.54, 1.807) is 24.5 Å². The molecule has 1 aliphatic heterocycles. The van der Waals surface area contributed by atoms with Crippen molar-refractivity contribution in [2.45, 2.75) is 38.1 Å². The molecule has 0 spiro atoms. The Balaban J connectivity index is 1.30. The van der Waals surface area contributed by atoms with E-state index in [1.807, 2.05) is 60.5 Å². The van der Waals surface area contributed by atoms with Crippen LogP contribution in [0.4, 0.5) is 24.5 Å². The molecule has 0 unspecified atom stereocenters. The molecule has 0 N–H and O–H groups in total. The number of carbonyl (C=O) groups is 1. The van der Waals surface area contributed by atoms with Crippen molar-refractivity contribution in [1.82, 2.24) is 14.8 Å². The zero-order chi connectivity index (χ0) is 32.0. The third kappa shape index (κ3) is 8.66. The van der Waals surface area contributed by atoms with E-state index < -0.39 is 11.7 Å². The molecule has 0 saturated carbocycles. The molecule has 1 aromatic heterocycles. The molecule has 4 aromatic rings. The SMILES string of the molecule is CN(c1ccncc1)c1ccc(CN(C(=O)/C=C/c2ccc(C(F)(F)F)cc2)C2CCN(Cc3ccc(Cl)c(Cl)c3)CC2)cc1. The van der Waals surface area contributed by atoms with Crippen LogP contribution < -0.4 is 4.90 Å². The van der Waals surface area contributed by atoms with Crippen molar-refractivity contribution in [2.24, 2.45) is 0 Å². The maximum Gasteiger partial charge on any atom is 0.416 e. The highest BCUT2D eigenvalue weighted by atomic mass is 35.5. The van der Waals surface area contributed by atoms with E-state index in [0.717, 1.165) is 67.1 Å². The van der Waals surface area contributed by atoms with Crippen LogP contribution in [0.25, 0.3) is 6.08 Å². The highest BCUT2D eigenvalue weighted by Gasteiger charge is 2.30. The third-order valence-electron chi connectivity index (χ3n) is 8.05. The lowest BCUT2D eigenvalue weighted by Gasteiger charge is -2.38. The summed E-state index contributed by atoms with van der Waals surface area (Å²) in [5.41, 5.74) is 3.87. The largest absolute Gasteiger partial charge is 0.416 e. The van der Waals surface area contributed by atoms with Gasteiger partial charge in [-0.1, -0.05) is 53.5 Å². The number of carbonyl (C=O) groups excluding carboxylic acids is 1. The van der Waals surface area contributed by atoms with Gasteiger partial charge in [-0.3, -0.25) is 14.7 Å². The van der Waals surface area contributed by atoms with Gasteiger partial charge in [-0.25, -0.2) is 0 Å². The van der Waals surface area contributed by atoms with E-state index in [9.17, 15) is 18.0 Å². The minimum atomic E-state index is -4.41. The van der Waals surface area contributed by atoms with Crippen LogP contribution in [0.15, 0.2) is 97.3 Å². The van der Waals surface area contributed by atoms with Crippen LogP contribution >= 0.6 is 23.2 Å². The number of aromatic nitrogens is 1. The molecule has 0 aliphatic carbocycles. The van der Waals surface area contributed by atoms with E-state index in [1.165, 1.54) is 18.2 Å². The number of benzene rings is 3. The zero-order valence-electron chi connectivity index (χ0n) is 24.7. The van der Waals surface area contributed by atoms with Crippen molar-refractivity contribution in [1.29, 1.82) is 0 Å². The number of amides is 1. The minimum Gasteiger partial charge on any atom is -0.345 e. The van der Waals surface area contributed by atoms with Crippen LogP contribution in [0.2, 0.25) is 10.0 Å². The molecule has 1 saturated heterocycles. The summed E-state index contributed by atoms with van der Waals surface area (Å²) in [6.45, 7) is 2.74. The normalized spacial score (nSPS) is 14.5. The number of hydrogen-bond acceptors (Lipinski definition) is 4. The second kappa shape index (κ2) is 14.5. The Labute approximate surface area is 271 Å². The van der Waals surface area contributed by atoms with E-state index in [0.29, 0.717) is 22.2 Å². The van der Waals surface area contributed by atoms with Crippen molar-refractivity contribution < 1.29 is 18.0 Å². The number of pyridine rings is 1. The number of anilines is 2. The first-order valence-electron chi connectivity index (χ1n) is 14.6. The molecule has 5 rings (SSSR count). The summed E-state index contributed by atoms with van der Waals surface area (Å²) in [5.74, 6) is -0.184. The molecule has 2 heterocycles. The zero-order valence-corrected chi connectivity index (χ0v) is 26.2. The predicted octanol–water partition coefficient (Wildman–Crippen LogP) is 8.88. The van der Waals surface area contributed by atoms with Crippen LogP contribution in [0.1, 0.15) is 35.1 Å². The van der Waals surface area contributed by atoms with E-state index in [4.69, 9.17) is 23.2 Å². The number of alkyl halides is 3. The summed E-state index contributed by atoms with van der Waals surface area (Å²) in [6, 6.07) is 22.4. The van der Waals surface area contributed by atoms with Gasteiger partial charge in [0.25, 0.3) is 0 Å². The molecule has 234 valence electrons. The van der Waals surface area contributed by atoms with E-state index in [2.05, 4.69) is 14.8 Å². The number of likely N-dealkylation sites (tertiary alicyclic amines) is 1. The summed E-state index contributed by atoms with van der Waals surface area (Å²) in [6.07, 6.45) is 3.67. The van der Waals surface area contributed by atoms with Crippen LogP contribution in [-0.4, -0.2) is 46.9 Å². The van der Waals surface area contributed by atoms with E-state index >= 15 is 0 Å². The highest BCUT2D eigenvalue weighted by molar-refractivity contribution is 6.42. The molecule has 0 radical (unpaired) electrons. The fraction of sp³-hybridized carbons (Fsp3) is 0.257. The lowest BCUT2D eigenvalue weighted by molar-refractivity contribution is -0.137. The molecular formula is C35H33Cl2F3N4O. The van der Waals surface area contributed by atoms with Crippen molar-refractivity contribution in [3.05, 3.63) is 130 Å². The smallest absolute Gasteiger partial charge is 0.345 e. The summed E-state index contributed by atoms with van der Waals surface area (Å²) >= 11 is 12.3. The molecule has 45 heavy (non-hydrogen) atoms. The van der Waals surface area contributed by atoms with Crippen LogP contribution in [0.3, 0.4) is 0 Å². The average molecular weight is 654 g/mol. The van der Waals surface area contributed by atoms with Gasteiger partial charge in [-0.05, 0) is 84.1 Å². The van der Waals surface area contributed by atoms with Crippen LogP contribution in [-0.2, 0) is 24.1 Å². The fourth-order valence-electron chi connectivity index (χ4n) is 5.46. The Kier molecular flexibility index (Phi) is 10.5. The summed E-state index contributed by atoms with van der Waals surface area (Å²) in [5, 5.41) is 1.05. The molecule has 0 atom stereocenters. The van der Waals surface area contributed by atoms with Crippen molar-refractivity contribution in [3.8, 4) is 0 Å². The van der Waals surface area contributed by atoms with Crippen molar-refractivity contribution in [3.63, 3.8) is 0 Å². The van der Waals surface area contributed by atoms with Gasteiger partial charge in [0.2, 0.25) is 5.91 Å². The number of nitrogens with zero attached hydrogens (tertiary/aromatic N) is 4. The lowest BCUT2D eigenvalue weighted by atomic mass is 10.0. The third-order valence-corrected chi connectivity index (χ3v) is 8.79. The second-order valence-corrected chi connectivity index (χ2v) is 11.9. The molecule has 1 fully saturated rings. The number of halogens is 5. The molecule has 5 nitrogen and oxygen atoms in total. The molecule has 3 aromatic carbocycles. The quantitative estimate of drug-likeness (QED) is 0.169. The summed E-state index contributed by atoms with van der Waals surface area (Å²) in [7, 11) is 1.98. The topological polar surface area (TPSA) is 39.7 Å². The molecular weight excluding hydrogens is 620 g/mol. The maximum absolute atomic E-state index is 13.7. The molecule has 0 bridgehead atoms. The minimum absolute atomic E-state index is 0.000944. The summed E-state index contributed by atoms with van der Waals surface area (Å²) in [4.78, 5) is 24.0. The monoisotopic (exact) mass is 652 g/mol. The number of piperidine rings is 1. The van der Waals surface area contributed by atoms with Gasteiger partial charge < -0.3 is 9.80 Å². The Morgan fingerprint density at radius 1 is 0.889 bits per heavy atom. The lowest BCUT2D eigenvalue weighted by Crippen LogP contribution is -2.46. The standard InChI is InChI=1S/C35H33Cl2F3N4O/c1-42(30-14-18-41-19-15-30)29-10-4-26(5-11-29)24-44(34(45)13-7-25-2-8-28(9-3-25)35(38,39)40)31-16-20-43(21-17-31)23-27-6-12-32(36)33(37)22-27/h2-15,18-19,22,31H,16-17,20-21,23-24H2,1H3/b13-7+. The Morgan fingerprint density at radius 3 is 2.13 bits per heavy atom. The molecule has 1 amide bonds. The number of rotatable bonds is 9. The van der Waals surface area contributed by atoms with Crippen LogP contribution in [0.5, 0.6) is 0 Å². The fourth-order valence-corrected chi connectivity index (χ4v) is 5.78. The Bertz CT molecular complexity index is 1610. The molecule has 10 heteroatoms. The first kappa shape index (κ1) is 32.5. The Morgan fingerprint density at radius 2 is 1.51 bits per heavy atom. The van der Waals surface area contributed by atoms with Gasteiger partial charge in [0, 0.05) is 69.1 Å². The van der Waals surface area contributed by atoms with Gasteiger partial charge in [-0.2, -0.15) is 13.2 Å². The van der Waals surface area contributed by atoms with Gasteiger partial charge in [0.05, 0.1) is 15.6 Å². The summed E-state index contributed by atoms with van der Waals surface area (Å²) < 4.78 is 39.0. The highest BCUT2D eigenvalue weighted by Crippen LogP contribution is 2.30. The maximum atomic E-state index is 13.7. The predicted molar refractivity (Wildman–Crippen MR) is 175 cm³/mol. The first-order chi connectivity index (χ1) is 21.6. The first-order valence-corrected chi connectivity index (χ1v) is 15.4. The van der Waals surface area contributed by atoms with Gasteiger partial charge in [-0.15, -0.1) is 0 Å². The van der Waals surface area contributed by atoms with E-state index in [-0.39, 0.29) is 11.9 Å². The second-order valence-electron chi connectivity index (χ2n) is 11.1. The number of hydrogen-bond donors (Lipinski definition) is 0.